The number of aliphatic hydroxyl groups excluding tert-OH is 1. The molecule has 5 heteroatoms. The predicted molar refractivity (Wildman–Crippen MR) is 88.5 cm³/mol. The van der Waals surface area contributed by atoms with Crippen LogP contribution in [0.25, 0.3) is 0 Å². The van der Waals surface area contributed by atoms with Gasteiger partial charge in [-0.1, -0.05) is 24.3 Å². The van der Waals surface area contributed by atoms with E-state index in [2.05, 4.69) is 11.5 Å². The minimum absolute atomic E-state index is 0.118. The first kappa shape index (κ1) is 17.2. The Bertz CT molecular complexity index is 585. The summed E-state index contributed by atoms with van der Waals surface area (Å²) in [7, 11) is -3.24. The molecule has 0 bridgehead atoms. The number of nitrogens with zero attached hydrogens (tertiary/aromatic N) is 1. The quantitative estimate of drug-likeness (QED) is 0.781. The van der Waals surface area contributed by atoms with Crippen molar-refractivity contribution < 1.29 is 13.5 Å². The summed E-state index contributed by atoms with van der Waals surface area (Å²) in [6.45, 7) is 6.04. The fourth-order valence-electron chi connectivity index (χ4n) is 3.16. The zero-order chi connectivity index (χ0) is 16.1. The Kier molecular flexibility index (Phi) is 5.78. The van der Waals surface area contributed by atoms with Crippen LogP contribution in [0.3, 0.4) is 0 Å². The van der Waals surface area contributed by atoms with Crippen LogP contribution in [0.4, 0.5) is 0 Å². The summed E-state index contributed by atoms with van der Waals surface area (Å²) in [6, 6.07) is 8.58. The molecular formula is C17H25NO3S. The third-order valence-electron chi connectivity index (χ3n) is 4.43. The minimum Gasteiger partial charge on any atom is -0.396 e. The molecule has 0 spiro atoms. The van der Waals surface area contributed by atoms with Crippen LogP contribution in [0.2, 0.25) is 0 Å². The van der Waals surface area contributed by atoms with Gasteiger partial charge in [0.25, 0.3) is 0 Å². The van der Waals surface area contributed by atoms with Gasteiger partial charge in [-0.25, -0.2) is 8.42 Å². The highest BCUT2D eigenvalue weighted by Crippen LogP contribution is 2.33. The number of aliphatic hydroxyl groups is 1. The standard InChI is InChI=1S/C17H25NO3S/c1-2-9-17(15-19)10-6-11-18(14-17)12-13-22(20,21)16-7-4-3-5-8-16/h2-5,7-8,19H,1,6,9-15H2/t17-/m0/s1. The molecule has 0 radical (unpaired) electrons. The first-order chi connectivity index (χ1) is 10.5. The lowest BCUT2D eigenvalue weighted by atomic mass is 9.78. The van der Waals surface area contributed by atoms with E-state index in [-0.39, 0.29) is 17.8 Å². The van der Waals surface area contributed by atoms with Crippen LogP contribution in [-0.4, -0.2) is 50.4 Å². The zero-order valence-electron chi connectivity index (χ0n) is 12.9. The van der Waals surface area contributed by atoms with Gasteiger partial charge in [-0.3, -0.25) is 0 Å². The molecule has 1 N–H and O–H groups in total. The Hall–Kier alpha value is -1.17. The van der Waals surface area contributed by atoms with Gasteiger partial charge in [0.1, 0.15) is 0 Å². The van der Waals surface area contributed by atoms with Gasteiger partial charge in [-0.2, -0.15) is 0 Å². The summed E-state index contributed by atoms with van der Waals surface area (Å²) in [5.41, 5.74) is -0.156. The Morgan fingerprint density at radius 2 is 2.05 bits per heavy atom. The maximum absolute atomic E-state index is 12.3. The lowest BCUT2D eigenvalue weighted by Gasteiger charge is -2.41. The van der Waals surface area contributed by atoms with E-state index in [0.29, 0.717) is 11.4 Å². The second kappa shape index (κ2) is 7.40. The normalized spacial score (nSPS) is 23.3. The molecule has 0 amide bonds. The first-order valence-corrected chi connectivity index (χ1v) is 9.38. The first-order valence-electron chi connectivity index (χ1n) is 7.73. The minimum atomic E-state index is -3.24. The smallest absolute Gasteiger partial charge is 0.179 e. The summed E-state index contributed by atoms with van der Waals surface area (Å²) >= 11 is 0. The lowest BCUT2D eigenvalue weighted by Crippen LogP contribution is -2.46. The molecule has 0 unspecified atom stereocenters. The Balaban J connectivity index is 1.98. The molecule has 122 valence electrons. The van der Waals surface area contributed by atoms with Crippen LogP contribution in [0.15, 0.2) is 47.9 Å². The zero-order valence-corrected chi connectivity index (χ0v) is 13.8. The largest absolute Gasteiger partial charge is 0.396 e. The average Bonchev–Trinajstić information content (AvgIpc) is 2.54. The predicted octanol–water partition coefficient (Wildman–Crippen LogP) is 2.11. The van der Waals surface area contributed by atoms with E-state index in [1.807, 2.05) is 12.1 Å². The number of sulfone groups is 1. The molecule has 1 aromatic carbocycles. The summed E-state index contributed by atoms with van der Waals surface area (Å²) in [5, 5.41) is 9.70. The van der Waals surface area contributed by atoms with Gasteiger partial charge < -0.3 is 10.0 Å². The van der Waals surface area contributed by atoms with Crippen molar-refractivity contribution in [3.8, 4) is 0 Å². The van der Waals surface area contributed by atoms with Crippen molar-refractivity contribution in [2.45, 2.75) is 24.2 Å². The van der Waals surface area contributed by atoms with E-state index in [4.69, 9.17) is 0 Å². The number of likely N-dealkylation sites (tertiary alicyclic amines) is 1. The van der Waals surface area contributed by atoms with Crippen molar-refractivity contribution in [3.05, 3.63) is 43.0 Å². The van der Waals surface area contributed by atoms with Crippen LogP contribution in [0.5, 0.6) is 0 Å². The fraction of sp³-hybridized carbons (Fsp3) is 0.529. The highest BCUT2D eigenvalue weighted by molar-refractivity contribution is 7.91. The maximum Gasteiger partial charge on any atom is 0.179 e. The Morgan fingerprint density at radius 1 is 1.32 bits per heavy atom. The maximum atomic E-state index is 12.3. The molecule has 1 fully saturated rings. The fourth-order valence-corrected chi connectivity index (χ4v) is 4.47. The number of piperidine rings is 1. The number of benzene rings is 1. The number of hydrogen-bond donors (Lipinski definition) is 1. The molecule has 0 aliphatic carbocycles. The third kappa shape index (κ3) is 4.18. The molecule has 1 atom stereocenters. The van der Waals surface area contributed by atoms with E-state index in [0.717, 1.165) is 32.4 Å². The van der Waals surface area contributed by atoms with E-state index >= 15 is 0 Å². The summed E-state index contributed by atoms with van der Waals surface area (Å²) < 4.78 is 24.7. The van der Waals surface area contributed by atoms with Crippen molar-refractivity contribution in [2.75, 3.05) is 32.0 Å². The second-order valence-corrected chi connectivity index (χ2v) is 8.27. The van der Waals surface area contributed by atoms with Gasteiger partial charge in [0.2, 0.25) is 0 Å². The highest BCUT2D eigenvalue weighted by atomic mass is 32.2. The SMILES string of the molecule is C=CC[C@]1(CO)CCCN(CCS(=O)(=O)c2ccccc2)C1. The second-order valence-electron chi connectivity index (χ2n) is 6.16. The van der Waals surface area contributed by atoms with E-state index in [9.17, 15) is 13.5 Å². The molecule has 2 rings (SSSR count). The summed E-state index contributed by atoms with van der Waals surface area (Å²) in [6.07, 6.45) is 4.57. The van der Waals surface area contributed by atoms with Gasteiger partial charge >= 0.3 is 0 Å². The molecular weight excluding hydrogens is 298 g/mol. The van der Waals surface area contributed by atoms with Crippen molar-refractivity contribution in [1.29, 1.82) is 0 Å². The molecule has 1 aromatic rings. The number of rotatable bonds is 7. The molecule has 0 saturated carbocycles. The van der Waals surface area contributed by atoms with Crippen molar-refractivity contribution in [1.82, 2.24) is 4.90 Å². The van der Waals surface area contributed by atoms with E-state index < -0.39 is 9.84 Å². The van der Waals surface area contributed by atoms with Crippen LogP contribution in [-0.2, 0) is 9.84 Å². The molecule has 1 heterocycles. The molecule has 22 heavy (non-hydrogen) atoms. The van der Waals surface area contributed by atoms with Crippen LogP contribution < -0.4 is 0 Å². The Labute approximate surface area is 133 Å². The molecule has 0 aromatic heterocycles. The highest BCUT2D eigenvalue weighted by Gasteiger charge is 2.34. The van der Waals surface area contributed by atoms with Crippen molar-refractivity contribution in [2.24, 2.45) is 5.41 Å². The van der Waals surface area contributed by atoms with Crippen molar-refractivity contribution >= 4 is 9.84 Å². The van der Waals surface area contributed by atoms with Crippen molar-refractivity contribution in [3.63, 3.8) is 0 Å². The van der Waals surface area contributed by atoms with E-state index in [1.165, 1.54) is 0 Å². The van der Waals surface area contributed by atoms with Gasteiger partial charge in [0.15, 0.2) is 9.84 Å². The molecule has 1 aliphatic rings. The summed E-state index contributed by atoms with van der Waals surface area (Å²) in [5.74, 6) is 0.118. The van der Waals surface area contributed by atoms with Gasteiger partial charge in [-0.05, 0) is 37.9 Å². The van der Waals surface area contributed by atoms with Gasteiger partial charge in [-0.15, -0.1) is 6.58 Å². The lowest BCUT2D eigenvalue weighted by molar-refractivity contribution is 0.0372. The topological polar surface area (TPSA) is 57.6 Å². The Morgan fingerprint density at radius 3 is 2.68 bits per heavy atom. The van der Waals surface area contributed by atoms with Crippen LogP contribution in [0.1, 0.15) is 19.3 Å². The molecule has 1 saturated heterocycles. The van der Waals surface area contributed by atoms with Gasteiger partial charge in [0.05, 0.1) is 17.3 Å². The number of allylic oxidation sites excluding steroid dienone is 1. The summed E-state index contributed by atoms with van der Waals surface area (Å²) in [4.78, 5) is 2.54. The third-order valence-corrected chi connectivity index (χ3v) is 6.14. The molecule has 4 nitrogen and oxygen atoms in total. The molecule has 1 aliphatic heterocycles. The van der Waals surface area contributed by atoms with Crippen LogP contribution in [0, 0.1) is 5.41 Å². The van der Waals surface area contributed by atoms with E-state index in [1.54, 1.807) is 24.3 Å². The average molecular weight is 323 g/mol. The van der Waals surface area contributed by atoms with Crippen LogP contribution >= 0.6 is 0 Å². The van der Waals surface area contributed by atoms with Gasteiger partial charge in [0, 0.05) is 18.5 Å². The monoisotopic (exact) mass is 323 g/mol. The number of hydrogen-bond acceptors (Lipinski definition) is 4.